The van der Waals surface area contributed by atoms with Crippen LogP contribution in [0.4, 0.5) is 10.5 Å². The van der Waals surface area contributed by atoms with Crippen LogP contribution in [0.3, 0.4) is 0 Å². The minimum atomic E-state index is -0.599. The van der Waals surface area contributed by atoms with Gasteiger partial charge in [0.25, 0.3) is 0 Å². The van der Waals surface area contributed by atoms with Crippen molar-refractivity contribution >= 4 is 17.6 Å². The first-order valence-electron chi connectivity index (χ1n) is 8.88. The summed E-state index contributed by atoms with van der Waals surface area (Å²) in [6.07, 6.45) is 1.88. The number of nitrogen functional groups attached to an aromatic ring is 1. The summed E-state index contributed by atoms with van der Waals surface area (Å²) in [6, 6.07) is 6.49. The largest absolute Gasteiger partial charge is 0.444 e. The monoisotopic (exact) mass is 346 g/mol. The number of hydrogen-bond acceptors (Lipinski definition) is 4. The highest BCUT2D eigenvalue weighted by Gasteiger charge is 2.38. The number of amides is 1. The Kier molecular flexibility index (Phi) is 5.45. The molecule has 1 saturated heterocycles. The van der Waals surface area contributed by atoms with Gasteiger partial charge in [-0.05, 0) is 57.6 Å². The van der Waals surface area contributed by atoms with E-state index in [1.165, 1.54) is 0 Å². The minimum Gasteiger partial charge on any atom is -0.444 e. The zero-order valence-electron chi connectivity index (χ0n) is 16.0. The van der Waals surface area contributed by atoms with E-state index >= 15 is 0 Å². The van der Waals surface area contributed by atoms with Crippen LogP contribution in [0.1, 0.15) is 64.2 Å². The SMILES string of the molecule is CC1(C)CCC(C(=O)c2ccccc2N)N(C(=O)OC(C)(C)C)CC1. The third kappa shape index (κ3) is 4.97. The lowest BCUT2D eigenvalue weighted by Gasteiger charge is -2.31. The number of Topliss-reactive ketones (excluding diaryl/α,β-unsaturated/α-hetero) is 1. The number of anilines is 1. The molecule has 0 radical (unpaired) electrons. The number of nitrogens with zero attached hydrogens (tertiary/aromatic N) is 1. The first-order chi connectivity index (χ1) is 11.5. The predicted molar refractivity (Wildman–Crippen MR) is 99.5 cm³/mol. The summed E-state index contributed by atoms with van der Waals surface area (Å²) in [5.74, 6) is -0.110. The molecule has 5 nitrogen and oxygen atoms in total. The fourth-order valence-corrected chi connectivity index (χ4v) is 3.10. The maximum atomic E-state index is 13.1. The molecule has 0 saturated carbocycles. The smallest absolute Gasteiger partial charge is 0.410 e. The second-order valence-electron chi connectivity index (χ2n) is 8.59. The zero-order chi connectivity index (χ0) is 18.8. The molecule has 2 rings (SSSR count). The van der Waals surface area contributed by atoms with Crippen LogP contribution < -0.4 is 5.73 Å². The molecule has 1 unspecified atom stereocenters. The molecule has 1 aromatic rings. The van der Waals surface area contributed by atoms with Crippen LogP contribution in [0.5, 0.6) is 0 Å². The lowest BCUT2D eigenvalue weighted by atomic mass is 9.84. The van der Waals surface area contributed by atoms with Gasteiger partial charge in [0.05, 0.1) is 6.04 Å². The van der Waals surface area contributed by atoms with E-state index in [9.17, 15) is 9.59 Å². The molecule has 2 N–H and O–H groups in total. The van der Waals surface area contributed by atoms with Crippen molar-refractivity contribution in [3.63, 3.8) is 0 Å². The summed E-state index contributed by atoms with van der Waals surface area (Å²) in [7, 11) is 0. The highest BCUT2D eigenvalue weighted by atomic mass is 16.6. The number of carbonyl (C=O) groups excluding carboxylic acids is 2. The first-order valence-corrected chi connectivity index (χ1v) is 8.88. The van der Waals surface area contributed by atoms with E-state index in [2.05, 4.69) is 13.8 Å². The highest BCUT2D eigenvalue weighted by Crippen LogP contribution is 2.34. The van der Waals surface area contributed by atoms with Gasteiger partial charge < -0.3 is 10.5 Å². The molecule has 25 heavy (non-hydrogen) atoms. The van der Waals surface area contributed by atoms with Crippen molar-refractivity contribution in [2.45, 2.75) is 65.5 Å². The van der Waals surface area contributed by atoms with E-state index in [0.29, 0.717) is 24.2 Å². The minimum absolute atomic E-state index is 0.0809. The quantitative estimate of drug-likeness (QED) is 0.641. The Labute approximate surface area is 150 Å². The summed E-state index contributed by atoms with van der Waals surface area (Å²) >= 11 is 0. The van der Waals surface area contributed by atoms with E-state index in [1.54, 1.807) is 29.2 Å². The van der Waals surface area contributed by atoms with E-state index in [-0.39, 0.29) is 11.2 Å². The van der Waals surface area contributed by atoms with Crippen LogP contribution >= 0.6 is 0 Å². The summed E-state index contributed by atoms with van der Waals surface area (Å²) in [5, 5.41) is 0. The van der Waals surface area contributed by atoms with Crippen molar-refractivity contribution in [1.29, 1.82) is 0 Å². The van der Waals surface area contributed by atoms with Crippen molar-refractivity contribution < 1.29 is 14.3 Å². The number of benzene rings is 1. The Morgan fingerprint density at radius 2 is 1.84 bits per heavy atom. The van der Waals surface area contributed by atoms with Gasteiger partial charge in [0.2, 0.25) is 0 Å². The molecule has 1 atom stereocenters. The summed E-state index contributed by atoms with van der Waals surface area (Å²) in [6.45, 7) is 10.3. The molecule has 0 aromatic heterocycles. The molecule has 0 aliphatic carbocycles. The number of rotatable bonds is 2. The number of hydrogen-bond donors (Lipinski definition) is 1. The van der Waals surface area contributed by atoms with Crippen molar-refractivity contribution in [3.8, 4) is 0 Å². The predicted octanol–water partition coefficient (Wildman–Crippen LogP) is 4.27. The van der Waals surface area contributed by atoms with Crippen LogP contribution in [0.2, 0.25) is 0 Å². The van der Waals surface area contributed by atoms with Crippen molar-refractivity contribution in [2.75, 3.05) is 12.3 Å². The fraction of sp³-hybridized carbons (Fsp3) is 0.600. The van der Waals surface area contributed by atoms with Gasteiger partial charge in [-0.1, -0.05) is 26.0 Å². The number of likely N-dealkylation sites (tertiary alicyclic amines) is 1. The van der Waals surface area contributed by atoms with Crippen LogP contribution in [0, 0.1) is 5.41 Å². The lowest BCUT2D eigenvalue weighted by Crippen LogP contribution is -2.47. The van der Waals surface area contributed by atoms with Crippen molar-refractivity contribution in [2.24, 2.45) is 5.41 Å². The Morgan fingerprint density at radius 3 is 2.44 bits per heavy atom. The molecule has 1 amide bonds. The number of ether oxygens (including phenoxy) is 1. The molecule has 1 aliphatic rings. The second kappa shape index (κ2) is 7.06. The summed E-state index contributed by atoms with van der Waals surface area (Å²) < 4.78 is 5.55. The first kappa shape index (κ1) is 19.3. The third-order valence-corrected chi connectivity index (χ3v) is 4.66. The van der Waals surface area contributed by atoms with Gasteiger partial charge in [0, 0.05) is 17.8 Å². The Balaban J connectivity index is 2.33. The zero-order valence-corrected chi connectivity index (χ0v) is 16.0. The van der Waals surface area contributed by atoms with E-state index in [1.807, 2.05) is 20.8 Å². The Hall–Kier alpha value is -2.04. The standard InChI is InChI=1S/C20H30N2O3/c1-19(2,3)25-18(24)22-13-12-20(4,5)11-10-16(22)17(23)14-8-6-7-9-15(14)21/h6-9,16H,10-13,21H2,1-5H3. The van der Waals surface area contributed by atoms with E-state index < -0.39 is 17.7 Å². The Morgan fingerprint density at radius 1 is 1.20 bits per heavy atom. The number of carbonyl (C=O) groups is 2. The molecule has 0 bridgehead atoms. The lowest BCUT2D eigenvalue weighted by molar-refractivity contribution is 0.0163. The molecular weight excluding hydrogens is 316 g/mol. The fourth-order valence-electron chi connectivity index (χ4n) is 3.10. The number of ketones is 1. The maximum absolute atomic E-state index is 13.1. The third-order valence-electron chi connectivity index (χ3n) is 4.66. The highest BCUT2D eigenvalue weighted by molar-refractivity contribution is 6.05. The van der Waals surface area contributed by atoms with Crippen molar-refractivity contribution in [1.82, 2.24) is 4.90 Å². The van der Waals surface area contributed by atoms with Gasteiger partial charge in [-0.3, -0.25) is 9.69 Å². The second-order valence-corrected chi connectivity index (χ2v) is 8.59. The molecule has 1 aromatic carbocycles. The number of nitrogens with two attached hydrogens (primary N) is 1. The van der Waals surface area contributed by atoms with Crippen LogP contribution in [-0.2, 0) is 4.74 Å². The molecule has 0 spiro atoms. The van der Waals surface area contributed by atoms with Gasteiger partial charge in [-0.15, -0.1) is 0 Å². The average Bonchev–Trinajstić information content (AvgIpc) is 2.64. The summed E-state index contributed by atoms with van der Waals surface area (Å²) in [5.41, 5.74) is 6.39. The van der Waals surface area contributed by atoms with Gasteiger partial charge in [0.1, 0.15) is 5.60 Å². The number of para-hydroxylation sites is 1. The van der Waals surface area contributed by atoms with Gasteiger partial charge in [-0.2, -0.15) is 0 Å². The molecule has 5 heteroatoms. The molecule has 1 fully saturated rings. The van der Waals surface area contributed by atoms with Crippen molar-refractivity contribution in [3.05, 3.63) is 29.8 Å². The molecule has 1 aliphatic heterocycles. The maximum Gasteiger partial charge on any atom is 0.410 e. The van der Waals surface area contributed by atoms with E-state index in [0.717, 1.165) is 12.8 Å². The van der Waals surface area contributed by atoms with Gasteiger partial charge >= 0.3 is 6.09 Å². The van der Waals surface area contributed by atoms with Gasteiger partial charge in [-0.25, -0.2) is 4.79 Å². The Bertz CT molecular complexity index is 647. The average molecular weight is 346 g/mol. The van der Waals surface area contributed by atoms with Gasteiger partial charge in [0.15, 0.2) is 5.78 Å². The van der Waals surface area contributed by atoms with Crippen LogP contribution in [-0.4, -0.2) is 35.0 Å². The van der Waals surface area contributed by atoms with Crippen LogP contribution in [0.15, 0.2) is 24.3 Å². The topological polar surface area (TPSA) is 72.6 Å². The summed E-state index contributed by atoms with van der Waals surface area (Å²) in [4.78, 5) is 27.5. The molecule has 138 valence electrons. The normalized spacial score (nSPS) is 20.7. The molecule has 1 heterocycles. The van der Waals surface area contributed by atoms with Crippen LogP contribution in [0.25, 0.3) is 0 Å². The molecular formula is C20H30N2O3. The van der Waals surface area contributed by atoms with E-state index in [4.69, 9.17) is 10.5 Å².